The summed E-state index contributed by atoms with van der Waals surface area (Å²) in [5.41, 5.74) is 5.87. The molecule has 8 nitrogen and oxygen atoms in total. The molecule has 5 aromatic heterocycles. The molecule has 0 aliphatic heterocycles. The van der Waals surface area contributed by atoms with Gasteiger partial charge in [-0.15, -0.1) is 5.10 Å². The standard InChI is InChI=1S/C25H26N8/c1-2-9-31(8-1)23-10-21(13-27-14-23)24-18-33(30-29-24)17-22-16-32-15-20(6-7-25(32)28-22)12-26-11-19-4-3-5-19/h1-2,6-10,13-16,18-19,26H,3-5,11-12,17H2. The van der Waals surface area contributed by atoms with Crippen molar-refractivity contribution in [3.8, 4) is 16.9 Å². The van der Waals surface area contributed by atoms with Crippen LogP contribution in [0, 0.1) is 5.92 Å². The minimum absolute atomic E-state index is 0.564. The van der Waals surface area contributed by atoms with Gasteiger partial charge >= 0.3 is 0 Å². The van der Waals surface area contributed by atoms with Crippen molar-refractivity contribution in [3.63, 3.8) is 0 Å². The summed E-state index contributed by atoms with van der Waals surface area (Å²) in [5.74, 6) is 0.869. The van der Waals surface area contributed by atoms with E-state index in [2.05, 4.69) is 55.6 Å². The molecule has 1 N–H and O–H groups in total. The SMILES string of the molecule is c1ccn(-c2cncc(-c3cn(Cc4cn5cc(CNCC6CCC6)ccc5n4)nn3)c2)c1. The van der Waals surface area contributed by atoms with Crippen LogP contribution in [-0.4, -0.2) is 40.5 Å². The summed E-state index contributed by atoms with van der Waals surface area (Å²) in [6.07, 6.45) is 17.9. The van der Waals surface area contributed by atoms with Gasteiger partial charge in [0.1, 0.15) is 11.3 Å². The molecule has 33 heavy (non-hydrogen) atoms. The second kappa shape index (κ2) is 8.63. The van der Waals surface area contributed by atoms with Gasteiger partial charge in [0.05, 0.1) is 30.3 Å². The fourth-order valence-electron chi connectivity index (χ4n) is 4.28. The van der Waals surface area contributed by atoms with Gasteiger partial charge in [-0.3, -0.25) is 4.98 Å². The number of pyridine rings is 2. The van der Waals surface area contributed by atoms with Crippen LogP contribution >= 0.6 is 0 Å². The van der Waals surface area contributed by atoms with Crippen molar-refractivity contribution in [1.82, 2.24) is 39.2 Å². The fraction of sp³-hybridized carbons (Fsp3) is 0.280. The Morgan fingerprint density at radius 2 is 1.94 bits per heavy atom. The lowest BCUT2D eigenvalue weighted by atomic mass is 9.85. The molecule has 1 aliphatic carbocycles. The van der Waals surface area contributed by atoms with Gasteiger partial charge in [0.25, 0.3) is 0 Å². The monoisotopic (exact) mass is 438 g/mol. The van der Waals surface area contributed by atoms with Gasteiger partial charge in [-0.1, -0.05) is 17.7 Å². The first kappa shape index (κ1) is 19.9. The Bertz CT molecular complexity index is 1360. The van der Waals surface area contributed by atoms with Gasteiger partial charge in [0, 0.05) is 43.1 Å². The van der Waals surface area contributed by atoms with E-state index in [9.17, 15) is 0 Å². The normalized spacial score (nSPS) is 14.1. The van der Waals surface area contributed by atoms with Crippen LogP contribution in [-0.2, 0) is 13.1 Å². The number of imidazole rings is 1. The van der Waals surface area contributed by atoms with Crippen molar-refractivity contribution in [2.24, 2.45) is 5.92 Å². The van der Waals surface area contributed by atoms with Gasteiger partial charge < -0.3 is 14.3 Å². The van der Waals surface area contributed by atoms with Crippen LogP contribution in [0.15, 0.2) is 73.7 Å². The zero-order valence-electron chi connectivity index (χ0n) is 18.4. The lowest BCUT2D eigenvalue weighted by Crippen LogP contribution is -2.26. The Morgan fingerprint density at radius 3 is 2.79 bits per heavy atom. The molecule has 1 fully saturated rings. The smallest absolute Gasteiger partial charge is 0.137 e. The first-order valence-electron chi connectivity index (χ1n) is 11.5. The largest absolute Gasteiger partial charge is 0.322 e. The zero-order valence-corrected chi connectivity index (χ0v) is 18.4. The minimum Gasteiger partial charge on any atom is -0.322 e. The van der Waals surface area contributed by atoms with Gasteiger partial charge in [-0.05, 0) is 55.1 Å². The highest BCUT2D eigenvalue weighted by Gasteiger charge is 2.16. The Hall–Kier alpha value is -3.78. The zero-order chi connectivity index (χ0) is 22.0. The molecule has 8 heteroatoms. The average Bonchev–Trinajstić information content (AvgIpc) is 3.56. The van der Waals surface area contributed by atoms with Crippen LogP contribution in [0.25, 0.3) is 22.6 Å². The molecule has 0 unspecified atom stereocenters. The number of fused-ring (bicyclic) bond motifs is 1. The Labute approximate surface area is 191 Å². The molecule has 0 radical (unpaired) electrons. The van der Waals surface area contributed by atoms with Crippen LogP contribution in [0.5, 0.6) is 0 Å². The summed E-state index contributed by atoms with van der Waals surface area (Å²) >= 11 is 0. The molecule has 0 bridgehead atoms. The molecule has 0 aromatic carbocycles. The molecule has 0 atom stereocenters. The van der Waals surface area contributed by atoms with Crippen molar-refractivity contribution in [2.75, 3.05) is 6.54 Å². The second-order valence-electron chi connectivity index (χ2n) is 8.79. The average molecular weight is 439 g/mol. The van der Waals surface area contributed by atoms with E-state index in [-0.39, 0.29) is 0 Å². The molecule has 1 aliphatic rings. The topological polar surface area (TPSA) is 77.9 Å². The van der Waals surface area contributed by atoms with Crippen molar-refractivity contribution in [3.05, 3.63) is 85.0 Å². The van der Waals surface area contributed by atoms with E-state index < -0.39 is 0 Å². The predicted octanol–water partition coefficient (Wildman–Crippen LogP) is 3.72. The van der Waals surface area contributed by atoms with Crippen LogP contribution in [0.2, 0.25) is 0 Å². The number of aromatic nitrogens is 7. The quantitative estimate of drug-likeness (QED) is 0.400. The van der Waals surface area contributed by atoms with Crippen LogP contribution in [0.3, 0.4) is 0 Å². The maximum atomic E-state index is 4.75. The number of nitrogens with zero attached hydrogens (tertiary/aromatic N) is 7. The second-order valence-corrected chi connectivity index (χ2v) is 8.79. The predicted molar refractivity (Wildman–Crippen MR) is 126 cm³/mol. The van der Waals surface area contributed by atoms with E-state index in [1.54, 1.807) is 0 Å². The highest BCUT2D eigenvalue weighted by molar-refractivity contribution is 5.59. The molecule has 5 heterocycles. The van der Waals surface area contributed by atoms with Gasteiger partial charge in [-0.25, -0.2) is 9.67 Å². The molecule has 0 amide bonds. The third-order valence-corrected chi connectivity index (χ3v) is 6.33. The summed E-state index contributed by atoms with van der Waals surface area (Å²) in [4.78, 5) is 9.12. The fourth-order valence-corrected chi connectivity index (χ4v) is 4.28. The number of hydrogen-bond donors (Lipinski definition) is 1. The van der Waals surface area contributed by atoms with Crippen molar-refractivity contribution >= 4 is 5.65 Å². The molecule has 166 valence electrons. The molecule has 6 rings (SSSR count). The van der Waals surface area contributed by atoms with Gasteiger partial charge in [0.2, 0.25) is 0 Å². The minimum atomic E-state index is 0.564. The van der Waals surface area contributed by atoms with E-state index in [1.807, 2.05) is 52.4 Å². The summed E-state index contributed by atoms with van der Waals surface area (Å²) in [6, 6.07) is 10.3. The lowest BCUT2D eigenvalue weighted by Gasteiger charge is -2.25. The number of rotatable bonds is 8. The Balaban J connectivity index is 1.15. The summed E-state index contributed by atoms with van der Waals surface area (Å²) in [5, 5.41) is 12.2. The molecular weight excluding hydrogens is 412 g/mol. The first-order valence-corrected chi connectivity index (χ1v) is 11.5. The third kappa shape index (κ3) is 4.29. The Morgan fingerprint density at radius 1 is 1.03 bits per heavy atom. The highest BCUT2D eigenvalue weighted by Crippen LogP contribution is 2.25. The summed E-state index contributed by atoms with van der Waals surface area (Å²) in [7, 11) is 0. The highest BCUT2D eigenvalue weighted by atomic mass is 15.4. The van der Waals surface area contributed by atoms with Gasteiger partial charge in [-0.2, -0.15) is 0 Å². The lowest BCUT2D eigenvalue weighted by molar-refractivity contribution is 0.301. The van der Waals surface area contributed by atoms with Crippen molar-refractivity contribution < 1.29 is 0 Å². The van der Waals surface area contributed by atoms with Crippen molar-refractivity contribution in [2.45, 2.75) is 32.4 Å². The first-order chi connectivity index (χ1) is 16.3. The molecule has 0 saturated heterocycles. The third-order valence-electron chi connectivity index (χ3n) is 6.33. The van der Waals surface area contributed by atoms with Gasteiger partial charge in [0.15, 0.2) is 0 Å². The molecule has 1 saturated carbocycles. The van der Waals surface area contributed by atoms with Crippen LogP contribution < -0.4 is 5.32 Å². The van der Waals surface area contributed by atoms with Crippen molar-refractivity contribution in [1.29, 1.82) is 0 Å². The maximum Gasteiger partial charge on any atom is 0.137 e. The maximum absolute atomic E-state index is 4.75. The molecule has 5 aromatic rings. The van der Waals surface area contributed by atoms with E-state index in [0.717, 1.165) is 47.3 Å². The number of nitrogens with one attached hydrogen (secondary N) is 1. The Kier molecular flexibility index (Phi) is 5.20. The van der Waals surface area contributed by atoms with E-state index in [1.165, 1.54) is 24.8 Å². The number of hydrogen-bond acceptors (Lipinski definition) is 5. The molecular formula is C25H26N8. The van der Waals surface area contributed by atoms with Crippen LogP contribution in [0.4, 0.5) is 0 Å². The van der Waals surface area contributed by atoms with E-state index in [0.29, 0.717) is 6.54 Å². The van der Waals surface area contributed by atoms with Crippen LogP contribution in [0.1, 0.15) is 30.5 Å². The van der Waals surface area contributed by atoms with E-state index in [4.69, 9.17) is 4.98 Å². The van der Waals surface area contributed by atoms with E-state index >= 15 is 0 Å². The molecule has 0 spiro atoms. The summed E-state index contributed by atoms with van der Waals surface area (Å²) < 4.78 is 5.94. The summed E-state index contributed by atoms with van der Waals surface area (Å²) in [6.45, 7) is 2.57.